The van der Waals surface area contributed by atoms with E-state index in [1.165, 1.54) is 17.5 Å². The summed E-state index contributed by atoms with van der Waals surface area (Å²) >= 11 is 1.34. The van der Waals surface area contributed by atoms with Crippen LogP contribution in [0.3, 0.4) is 0 Å². The zero-order valence-electron chi connectivity index (χ0n) is 7.68. The standard InChI is InChI=1S/C9H8N4OS/c10-8(14)6-1-5(2-12-3-6)7-4-13-9(11)15-7/h1-4H,(H2,10,14)(H2,11,13). The van der Waals surface area contributed by atoms with E-state index in [0.29, 0.717) is 10.7 Å². The van der Waals surface area contributed by atoms with Crippen LogP contribution >= 0.6 is 11.3 Å². The Bertz CT molecular complexity index is 508. The highest BCUT2D eigenvalue weighted by Crippen LogP contribution is 2.26. The van der Waals surface area contributed by atoms with Crippen LogP contribution in [0.1, 0.15) is 10.4 Å². The molecule has 0 bridgehead atoms. The molecule has 1 amide bonds. The van der Waals surface area contributed by atoms with Gasteiger partial charge in [0.2, 0.25) is 5.91 Å². The third-order valence-electron chi connectivity index (χ3n) is 1.83. The molecule has 0 saturated heterocycles. The first-order valence-corrected chi connectivity index (χ1v) is 4.95. The van der Waals surface area contributed by atoms with Crippen molar-refractivity contribution in [3.05, 3.63) is 30.2 Å². The summed E-state index contributed by atoms with van der Waals surface area (Å²) in [6, 6.07) is 1.67. The number of carbonyl (C=O) groups is 1. The lowest BCUT2D eigenvalue weighted by Crippen LogP contribution is -2.11. The summed E-state index contributed by atoms with van der Waals surface area (Å²) in [7, 11) is 0. The third kappa shape index (κ3) is 1.94. The Morgan fingerprint density at radius 1 is 1.33 bits per heavy atom. The van der Waals surface area contributed by atoms with Crippen molar-refractivity contribution in [1.82, 2.24) is 9.97 Å². The van der Waals surface area contributed by atoms with Crippen LogP contribution in [0, 0.1) is 0 Å². The van der Waals surface area contributed by atoms with Crippen LogP contribution in [0.25, 0.3) is 10.4 Å². The summed E-state index contributed by atoms with van der Waals surface area (Å²) in [4.78, 5) is 19.6. The van der Waals surface area contributed by atoms with Gasteiger partial charge in [-0.3, -0.25) is 9.78 Å². The Balaban J connectivity index is 2.45. The minimum atomic E-state index is -0.498. The molecule has 0 unspecified atom stereocenters. The van der Waals surface area contributed by atoms with Crippen LogP contribution in [-0.4, -0.2) is 15.9 Å². The molecule has 0 spiro atoms. The first kappa shape index (κ1) is 9.60. The van der Waals surface area contributed by atoms with Crippen molar-refractivity contribution in [3.63, 3.8) is 0 Å². The van der Waals surface area contributed by atoms with Crippen LogP contribution in [0.5, 0.6) is 0 Å². The van der Waals surface area contributed by atoms with E-state index >= 15 is 0 Å². The molecule has 76 valence electrons. The number of amides is 1. The fraction of sp³-hybridized carbons (Fsp3) is 0. The average Bonchev–Trinajstić information content (AvgIpc) is 2.65. The Labute approximate surface area is 89.8 Å². The number of pyridine rings is 1. The molecule has 0 aromatic carbocycles. The van der Waals surface area contributed by atoms with Gasteiger partial charge in [-0.05, 0) is 6.07 Å². The number of rotatable bonds is 2. The van der Waals surface area contributed by atoms with E-state index in [2.05, 4.69) is 9.97 Å². The lowest BCUT2D eigenvalue weighted by molar-refractivity contribution is 0.1000. The van der Waals surface area contributed by atoms with Gasteiger partial charge in [-0.1, -0.05) is 11.3 Å². The number of carbonyl (C=O) groups excluding carboxylic acids is 1. The molecule has 2 aromatic rings. The Kier molecular flexibility index (Phi) is 2.34. The number of hydrogen-bond acceptors (Lipinski definition) is 5. The molecular weight excluding hydrogens is 212 g/mol. The molecule has 0 aliphatic rings. The van der Waals surface area contributed by atoms with Crippen molar-refractivity contribution in [2.75, 3.05) is 5.73 Å². The largest absolute Gasteiger partial charge is 0.375 e. The van der Waals surface area contributed by atoms with Gasteiger partial charge in [0.1, 0.15) is 0 Å². The van der Waals surface area contributed by atoms with Gasteiger partial charge >= 0.3 is 0 Å². The van der Waals surface area contributed by atoms with Crippen molar-refractivity contribution in [1.29, 1.82) is 0 Å². The molecule has 4 N–H and O–H groups in total. The molecule has 0 saturated carbocycles. The number of primary amides is 1. The first-order chi connectivity index (χ1) is 7.16. The smallest absolute Gasteiger partial charge is 0.250 e. The molecular formula is C9H8N4OS. The van der Waals surface area contributed by atoms with E-state index in [-0.39, 0.29) is 0 Å². The van der Waals surface area contributed by atoms with Crippen LogP contribution in [-0.2, 0) is 0 Å². The number of nitrogens with two attached hydrogens (primary N) is 2. The Hall–Kier alpha value is -1.95. The molecule has 0 aliphatic carbocycles. The predicted molar refractivity (Wildman–Crippen MR) is 58.3 cm³/mol. The second kappa shape index (κ2) is 3.66. The van der Waals surface area contributed by atoms with E-state index in [9.17, 15) is 4.79 Å². The maximum atomic E-state index is 10.9. The van der Waals surface area contributed by atoms with E-state index in [1.54, 1.807) is 18.5 Å². The zero-order valence-corrected chi connectivity index (χ0v) is 8.49. The SMILES string of the molecule is NC(=O)c1cncc(-c2cnc(N)s2)c1. The van der Waals surface area contributed by atoms with Crippen molar-refractivity contribution < 1.29 is 4.79 Å². The van der Waals surface area contributed by atoms with Gasteiger partial charge in [-0.25, -0.2) is 4.98 Å². The monoisotopic (exact) mass is 220 g/mol. The van der Waals surface area contributed by atoms with E-state index in [0.717, 1.165) is 10.4 Å². The van der Waals surface area contributed by atoms with Gasteiger partial charge in [0.15, 0.2) is 5.13 Å². The van der Waals surface area contributed by atoms with Crippen LogP contribution in [0.4, 0.5) is 5.13 Å². The average molecular weight is 220 g/mol. The highest BCUT2D eigenvalue weighted by molar-refractivity contribution is 7.18. The van der Waals surface area contributed by atoms with Crippen molar-refractivity contribution in [2.45, 2.75) is 0 Å². The number of nitrogen functional groups attached to an aromatic ring is 1. The number of nitrogens with zero attached hydrogens (tertiary/aromatic N) is 2. The van der Waals surface area contributed by atoms with Gasteiger partial charge in [-0.2, -0.15) is 0 Å². The van der Waals surface area contributed by atoms with Gasteiger partial charge in [0, 0.05) is 24.2 Å². The van der Waals surface area contributed by atoms with E-state index in [1.807, 2.05) is 0 Å². The summed E-state index contributed by atoms with van der Waals surface area (Å²) in [5.41, 5.74) is 11.8. The second-order valence-corrected chi connectivity index (χ2v) is 3.95. The van der Waals surface area contributed by atoms with Crippen LogP contribution in [0.15, 0.2) is 24.7 Å². The first-order valence-electron chi connectivity index (χ1n) is 4.13. The highest BCUT2D eigenvalue weighted by atomic mass is 32.1. The molecule has 2 heterocycles. The molecule has 15 heavy (non-hydrogen) atoms. The zero-order chi connectivity index (χ0) is 10.8. The summed E-state index contributed by atoms with van der Waals surface area (Å²) in [6.45, 7) is 0. The van der Waals surface area contributed by atoms with Gasteiger partial charge in [0.25, 0.3) is 0 Å². The molecule has 0 fully saturated rings. The molecule has 0 radical (unpaired) electrons. The predicted octanol–water partition coefficient (Wildman–Crippen LogP) is 0.886. The van der Waals surface area contributed by atoms with Crippen LogP contribution in [0.2, 0.25) is 0 Å². The minimum absolute atomic E-state index is 0.375. The van der Waals surface area contributed by atoms with Crippen LogP contribution < -0.4 is 11.5 Å². The lowest BCUT2D eigenvalue weighted by Gasteiger charge is -1.98. The van der Waals surface area contributed by atoms with Crippen molar-refractivity contribution in [3.8, 4) is 10.4 Å². The quantitative estimate of drug-likeness (QED) is 0.785. The van der Waals surface area contributed by atoms with Gasteiger partial charge in [0.05, 0.1) is 10.4 Å². The fourth-order valence-corrected chi connectivity index (χ4v) is 1.80. The molecule has 2 rings (SSSR count). The lowest BCUT2D eigenvalue weighted by atomic mass is 10.2. The molecule has 0 aliphatic heterocycles. The number of anilines is 1. The van der Waals surface area contributed by atoms with Crippen molar-refractivity contribution >= 4 is 22.4 Å². The summed E-state index contributed by atoms with van der Waals surface area (Å²) in [5.74, 6) is -0.498. The van der Waals surface area contributed by atoms with Crippen molar-refractivity contribution in [2.24, 2.45) is 5.73 Å². The minimum Gasteiger partial charge on any atom is -0.375 e. The molecule has 2 aromatic heterocycles. The molecule has 0 atom stereocenters. The topological polar surface area (TPSA) is 94.9 Å². The van der Waals surface area contributed by atoms with Gasteiger partial charge < -0.3 is 11.5 Å². The summed E-state index contributed by atoms with van der Waals surface area (Å²) in [6.07, 6.45) is 4.71. The molecule has 6 heteroatoms. The maximum Gasteiger partial charge on any atom is 0.250 e. The maximum absolute atomic E-state index is 10.9. The number of aromatic nitrogens is 2. The Morgan fingerprint density at radius 3 is 2.73 bits per heavy atom. The normalized spacial score (nSPS) is 10.1. The van der Waals surface area contributed by atoms with E-state index < -0.39 is 5.91 Å². The fourth-order valence-electron chi connectivity index (χ4n) is 1.13. The number of thiazole rings is 1. The summed E-state index contributed by atoms with van der Waals surface area (Å²) < 4.78 is 0. The molecule has 5 nitrogen and oxygen atoms in total. The second-order valence-electron chi connectivity index (χ2n) is 2.89. The Morgan fingerprint density at radius 2 is 2.13 bits per heavy atom. The summed E-state index contributed by atoms with van der Waals surface area (Å²) in [5, 5.41) is 0.481. The highest BCUT2D eigenvalue weighted by Gasteiger charge is 2.06. The van der Waals surface area contributed by atoms with E-state index in [4.69, 9.17) is 11.5 Å². The number of hydrogen-bond donors (Lipinski definition) is 2. The third-order valence-corrected chi connectivity index (χ3v) is 2.71. The van der Waals surface area contributed by atoms with Gasteiger partial charge in [-0.15, -0.1) is 0 Å².